The van der Waals surface area contributed by atoms with Gasteiger partial charge in [0.25, 0.3) is 0 Å². The molecule has 7 heteroatoms. The van der Waals surface area contributed by atoms with Crippen LogP contribution in [0.25, 0.3) is 0 Å². The minimum atomic E-state index is -3.04. The minimum absolute atomic E-state index is 0.322. The predicted molar refractivity (Wildman–Crippen MR) is 114 cm³/mol. The van der Waals surface area contributed by atoms with Gasteiger partial charge in [0, 0.05) is 31.9 Å². The van der Waals surface area contributed by atoms with Crippen LogP contribution in [0.5, 0.6) is 0 Å². The second-order valence-corrected chi connectivity index (χ2v) is 10.9. The minimum Gasteiger partial charge on any atom is -0.444 e. The molecule has 1 aliphatic heterocycles. The number of ether oxygens (including phenoxy) is 1. The molecule has 1 aromatic heterocycles. The highest BCUT2D eigenvalue weighted by Gasteiger charge is 2.30. The molecule has 1 atom stereocenters. The predicted octanol–water partition coefficient (Wildman–Crippen LogP) is 4.17. The zero-order valence-corrected chi connectivity index (χ0v) is 18.4. The Morgan fingerprint density at radius 3 is 2.55 bits per heavy atom. The van der Waals surface area contributed by atoms with Gasteiger partial charge in [0.2, 0.25) is 7.37 Å². The average Bonchev–Trinajstić information content (AvgIpc) is 2.70. The first-order chi connectivity index (χ1) is 13.7. The van der Waals surface area contributed by atoms with Crippen molar-refractivity contribution in [1.82, 2.24) is 9.88 Å². The molecule has 0 bridgehead atoms. The molecule has 29 heavy (non-hydrogen) atoms. The van der Waals surface area contributed by atoms with Crippen LogP contribution in [0.4, 0.5) is 4.79 Å². The topological polar surface area (TPSA) is 68.7 Å². The van der Waals surface area contributed by atoms with Crippen LogP contribution in [0.3, 0.4) is 0 Å². The maximum absolute atomic E-state index is 13.4. The van der Waals surface area contributed by atoms with Crippen molar-refractivity contribution in [1.29, 1.82) is 0 Å². The van der Waals surface area contributed by atoms with Crippen LogP contribution in [0.2, 0.25) is 0 Å². The summed E-state index contributed by atoms with van der Waals surface area (Å²) in [7, 11) is -1.56. The van der Waals surface area contributed by atoms with Gasteiger partial charge in [0.1, 0.15) is 11.0 Å². The van der Waals surface area contributed by atoms with E-state index in [9.17, 15) is 9.36 Å². The molecule has 0 fully saturated rings. The fraction of sp³-hybridized carbons (Fsp3) is 0.455. The summed E-state index contributed by atoms with van der Waals surface area (Å²) in [6.45, 7) is 6.54. The third-order valence-corrected chi connectivity index (χ3v) is 7.22. The number of rotatable bonds is 5. The van der Waals surface area contributed by atoms with Gasteiger partial charge in [0.05, 0.1) is 6.54 Å². The van der Waals surface area contributed by atoms with Crippen molar-refractivity contribution in [3.63, 3.8) is 0 Å². The van der Waals surface area contributed by atoms with E-state index in [4.69, 9.17) is 9.26 Å². The number of aryl methyl sites for hydroxylation is 1. The van der Waals surface area contributed by atoms with Crippen molar-refractivity contribution in [3.8, 4) is 0 Å². The molecule has 0 N–H and O–H groups in total. The Bertz CT molecular complexity index is 909. The maximum atomic E-state index is 13.4. The Kier molecular flexibility index (Phi) is 6.45. The first kappa shape index (κ1) is 21.5. The van der Waals surface area contributed by atoms with Crippen LogP contribution < -0.4 is 5.44 Å². The lowest BCUT2D eigenvalue weighted by molar-refractivity contribution is 0.0223. The Hall–Kier alpha value is -2.17. The second kappa shape index (κ2) is 8.68. The molecule has 6 nitrogen and oxygen atoms in total. The van der Waals surface area contributed by atoms with Crippen LogP contribution in [-0.2, 0) is 33.2 Å². The lowest BCUT2D eigenvalue weighted by Crippen LogP contribution is -2.40. The molecule has 1 aromatic carbocycles. The van der Waals surface area contributed by atoms with E-state index in [1.54, 1.807) is 11.0 Å². The zero-order valence-electron chi connectivity index (χ0n) is 17.6. The monoisotopic (exact) mass is 416 g/mol. The van der Waals surface area contributed by atoms with Gasteiger partial charge in [-0.2, -0.15) is 0 Å². The summed E-state index contributed by atoms with van der Waals surface area (Å²) in [5, 5.41) is 0. The molecule has 0 spiro atoms. The number of pyridine rings is 1. The molecule has 156 valence electrons. The smallest absolute Gasteiger partial charge is 0.410 e. The molecular formula is C22H29N2O4P. The average molecular weight is 416 g/mol. The molecule has 2 heterocycles. The largest absolute Gasteiger partial charge is 0.444 e. The van der Waals surface area contributed by atoms with Gasteiger partial charge in [-0.1, -0.05) is 36.4 Å². The van der Waals surface area contributed by atoms with Crippen molar-refractivity contribution in [2.75, 3.05) is 19.8 Å². The Morgan fingerprint density at radius 2 is 1.90 bits per heavy atom. The lowest BCUT2D eigenvalue weighted by atomic mass is 10.1. The highest BCUT2D eigenvalue weighted by Crippen LogP contribution is 2.44. The van der Waals surface area contributed by atoms with Gasteiger partial charge in [-0.3, -0.25) is 4.57 Å². The highest BCUT2D eigenvalue weighted by molar-refractivity contribution is 7.66. The lowest BCUT2D eigenvalue weighted by Gasteiger charge is -2.31. The van der Waals surface area contributed by atoms with Crippen LogP contribution in [0, 0.1) is 0 Å². The van der Waals surface area contributed by atoms with E-state index in [0.29, 0.717) is 37.5 Å². The number of hydrogen-bond acceptors (Lipinski definition) is 5. The molecule has 0 saturated heterocycles. The van der Waals surface area contributed by atoms with Crippen LogP contribution in [0.15, 0.2) is 42.5 Å². The third-order valence-electron chi connectivity index (χ3n) is 4.87. The van der Waals surface area contributed by atoms with Crippen LogP contribution in [0.1, 0.15) is 37.6 Å². The van der Waals surface area contributed by atoms with E-state index in [-0.39, 0.29) is 6.09 Å². The molecular weight excluding hydrogens is 387 g/mol. The first-order valence-corrected chi connectivity index (χ1v) is 11.7. The number of amides is 1. The van der Waals surface area contributed by atoms with Crippen LogP contribution >= 0.6 is 7.37 Å². The third kappa shape index (κ3) is 5.46. The molecule has 1 aliphatic rings. The summed E-state index contributed by atoms with van der Waals surface area (Å²) >= 11 is 0. The molecule has 0 radical (unpaired) electrons. The number of carbonyl (C=O) groups excluding carboxylic acids is 1. The van der Waals surface area contributed by atoms with E-state index in [1.807, 2.05) is 57.2 Å². The molecule has 0 aliphatic carbocycles. The fourth-order valence-corrected chi connectivity index (χ4v) is 5.02. The quantitative estimate of drug-likeness (QED) is 0.685. The van der Waals surface area contributed by atoms with E-state index in [0.717, 1.165) is 16.8 Å². The van der Waals surface area contributed by atoms with E-state index in [1.165, 1.54) is 7.11 Å². The van der Waals surface area contributed by atoms with Gasteiger partial charge < -0.3 is 14.2 Å². The summed E-state index contributed by atoms with van der Waals surface area (Å²) in [6.07, 6.45) is 1.35. The van der Waals surface area contributed by atoms with Gasteiger partial charge in [-0.05, 0) is 44.4 Å². The first-order valence-electron chi connectivity index (χ1n) is 9.86. The number of nitrogens with zero attached hydrogens (tertiary/aromatic N) is 2. The summed E-state index contributed by atoms with van der Waals surface area (Å²) in [5.41, 5.74) is 2.93. The molecule has 3 rings (SSSR count). The molecule has 0 saturated carbocycles. The summed E-state index contributed by atoms with van der Waals surface area (Å²) < 4.78 is 24.3. The van der Waals surface area contributed by atoms with E-state index < -0.39 is 13.0 Å². The highest BCUT2D eigenvalue weighted by atomic mass is 31.2. The van der Waals surface area contributed by atoms with Gasteiger partial charge in [-0.25, -0.2) is 9.78 Å². The van der Waals surface area contributed by atoms with E-state index >= 15 is 0 Å². The Morgan fingerprint density at radius 1 is 1.17 bits per heavy atom. The van der Waals surface area contributed by atoms with Gasteiger partial charge in [0.15, 0.2) is 0 Å². The van der Waals surface area contributed by atoms with Crippen molar-refractivity contribution in [2.24, 2.45) is 0 Å². The van der Waals surface area contributed by atoms with E-state index in [2.05, 4.69) is 4.98 Å². The zero-order chi connectivity index (χ0) is 21.1. The summed E-state index contributed by atoms with van der Waals surface area (Å²) in [6, 6.07) is 13.6. The Balaban J connectivity index is 1.73. The number of hydrogen-bond donors (Lipinski definition) is 0. The fourth-order valence-electron chi connectivity index (χ4n) is 3.30. The van der Waals surface area contributed by atoms with Crippen molar-refractivity contribution >= 4 is 18.9 Å². The van der Waals surface area contributed by atoms with Gasteiger partial charge >= 0.3 is 6.09 Å². The summed E-state index contributed by atoms with van der Waals surface area (Å²) in [4.78, 5) is 18.7. The summed E-state index contributed by atoms with van der Waals surface area (Å²) in [5.74, 6) is 0. The van der Waals surface area contributed by atoms with Crippen LogP contribution in [-0.4, -0.2) is 41.4 Å². The standard InChI is InChI=1S/C22H29N2O4P/c1-22(2,3)28-21(25)24-14-12-19-18(16-24)10-11-20(23-19)29(26,27-4)15-13-17-8-6-5-7-9-17/h5-11H,12-16H2,1-4H3. The SMILES string of the molecule is COP(=O)(CCc1ccccc1)c1ccc2c(n1)CCN(C(=O)OC(C)(C)C)C2. The van der Waals surface area contributed by atoms with Gasteiger partial charge in [-0.15, -0.1) is 0 Å². The number of benzene rings is 1. The number of aromatic nitrogens is 1. The molecule has 1 unspecified atom stereocenters. The van der Waals surface area contributed by atoms with Crippen molar-refractivity contribution in [2.45, 2.75) is 45.8 Å². The second-order valence-electron chi connectivity index (χ2n) is 8.24. The normalized spacial score (nSPS) is 16.1. The Labute approximate surface area is 172 Å². The maximum Gasteiger partial charge on any atom is 0.410 e. The molecule has 2 aromatic rings. The van der Waals surface area contributed by atoms with Crippen molar-refractivity contribution in [3.05, 3.63) is 59.3 Å². The number of fused-ring (bicyclic) bond motifs is 1. The molecule has 1 amide bonds. The number of carbonyl (C=O) groups is 1. The van der Waals surface area contributed by atoms with Crippen molar-refractivity contribution < 1.29 is 18.6 Å².